The van der Waals surface area contributed by atoms with Crippen LogP contribution in [0.2, 0.25) is 5.02 Å². The second kappa shape index (κ2) is 9.26. The average molecular weight is 493 g/mol. The molecule has 0 spiro atoms. The number of hydrazone groups is 1. The van der Waals surface area contributed by atoms with Crippen LogP contribution in [0.1, 0.15) is 18.1 Å². The van der Waals surface area contributed by atoms with Crippen LogP contribution in [-0.4, -0.2) is 11.6 Å². The number of carbonyl (C=O) groups excluding carboxylic acids is 1. The van der Waals surface area contributed by atoms with Crippen LogP contribution in [0.4, 0.5) is 27.6 Å². The third-order valence-electron chi connectivity index (χ3n) is 4.95. The van der Waals surface area contributed by atoms with Gasteiger partial charge in [0.15, 0.2) is 23.3 Å². The maximum atomic E-state index is 14.1. The zero-order valence-corrected chi connectivity index (χ0v) is 18.1. The maximum Gasteiger partial charge on any atom is 0.280 e. The molecule has 10 heteroatoms. The highest BCUT2D eigenvalue weighted by Crippen LogP contribution is 2.34. The molecule has 0 saturated heterocycles. The minimum atomic E-state index is -2.32. The van der Waals surface area contributed by atoms with Gasteiger partial charge in [-0.05, 0) is 48.4 Å². The van der Waals surface area contributed by atoms with E-state index in [1.165, 1.54) is 13.0 Å². The van der Waals surface area contributed by atoms with Crippen molar-refractivity contribution in [1.82, 2.24) is 0 Å². The number of amides is 1. The fourth-order valence-electron chi connectivity index (χ4n) is 3.24. The third-order valence-corrected chi connectivity index (χ3v) is 5.18. The Hall–Kier alpha value is -3.72. The molecule has 1 aliphatic rings. The van der Waals surface area contributed by atoms with Gasteiger partial charge in [0.05, 0.1) is 11.3 Å². The van der Waals surface area contributed by atoms with Gasteiger partial charge in [-0.1, -0.05) is 35.9 Å². The molecule has 4 rings (SSSR count). The quantitative estimate of drug-likeness (QED) is 0.178. The van der Waals surface area contributed by atoms with Crippen molar-refractivity contribution in [2.45, 2.75) is 13.5 Å². The zero-order valence-electron chi connectivity index (χ0n) is 17.4. The van der Waals surface area contributed by atoms with Crippen LogP contribution in [0.3, 0.4) is 0 Å². The van der Waals surface area contributed by atoms with Crippen LogP contribution in [-0.2, 0) is 11.4 Å². The smallest absolute Gasteiger partial charge is 0.280 e. The lowest BCUT2D eigenvalue weighted by molar-refractivity contribution is -0.114. The molecule has 4 nitrogen and oxygen atoms in total. The number of hydrogen-bond acceptors (Lipinski definition) is 3. The number of anilines is 1. The van der Waals surface area contributed by atoms with Gasteiger partial charge in [-0.3, -0.25) is 4.79 Å². The Morgan fingerprint density at radius 2 is 1.56 bits per heavy atom. The van der Waals surface area contributed by atoms with Crippen molar-refractivity contribution >= 4 is 35.0 Å². The van der Waals surface area contributed by atoms with Crippen molar-refractivity contribution in [2.75, 3.05) is 5.01 Å². The summed E-state index contributed by atoms with van der Waals surface area (Å²) in [7, 11) is 0. The predicted octanol–water partition coefficient (Wildman–Crippen LogP) is 6.42. The number of ether oxygens (including phenoxy) is 1. The normalized spacial score (nSPS) is 14.7. The lowest BCUT2D eigenvalue weighted by atomic mass is 10.1. The molecular formula is C24H14ClF5N2O2. The van der Waals surface area contributed by atoms with E-state index in [0.29, 0.717) is 16.3 Å². The second-order valence-corrected chi connectivity index (χ2v) is 7.70. The molecular weight excluding hydrogens is 479 g/mol. The van der Waals surface area contributed by atoms with Crippen molar-refractivity contribution in [3.8, 4) is 5.75 Å². The van der Waals surface area contributed by atoms with Gasteiger partial charge in [0.2, 0.25) is 5.82 Å². The van der Waals surface area contributed by atoms with Gasteiger partial charge in [-0.25, -0.2) is 22.0 Å². The second-order valence-electron chi connectivity index (χ2n) is 7.27. The van der Waals surface area contributed by atoms with Crippen molar-refractivity contribution in [2.24, 2.45) is 5.10 Å². The van der Waals surface area contributed by atoms with Gasteiger partial charge in [-0.2, -0.15) is 10.1 Å². The first-order valence-corrected chi connectivity index (χ1v) is 10.2. The van der Waals surface area contributed by atoms with E-state index in [-0.39, 0.29) is 22.9 Å². The van der Waals surface area contributed by atoms with E-state index in [2.05, 4.69) is 5.10 Å². The molecule has 0 N–H and O–H groups in total. The summed E-state index contributed by atoms with van der Waals surface area (Å²) in [5.74, 6) is -11.5. The Balaban J connectivity index is 1.55. The topological polar surface area (TPSA) is 41.9 Å². The molecule has 3 aromatic rings. The van der Waals surface area contributed by atoms with Gasteiger partial charge < -0.3 is 4.74 Å². The number of nitrogens with zero attached hydrogens (tertiary/aromatic N) is 2. The lowest BCUT2D eigenvalue weighted by Gasteiger charge is -2.15. The van der Waals surface area contributed by atoms with E-state index in [9.17, 15) is 26.7 Å². The van der Waals surface area contributed by atoms with Gasteiger partial charge >= 0.3 is 0 Å². The summed E-state index contributed by atoms with van der Waals surface area (Å²) in [6, 6.07) is 13.7. The van der Waals surface area contributed by atoms with E-state index < -0.39 is 40.7 Å². The van der Waals surface area contributed by atoms with Crippen molar-refractivity contribution < 1.29 is 31.5 Å². The largest absolute Gasteiger partial charge is 0.489 e. The molecule has 0 bridgehead atoms. The lowest BCUT2D eigenvalue weighted by Crippen LogP contribution is -2.25. The highest BCUT2D eigenvalue weighted by molar-refractivity contribution is 6.32. The molecule has 0 fully saturated rings. The van der Waals surface area contributed by atoms with Crippen molar-refractivity contribution in [1.29, 1.82) is 0 Å². The Labute approximate surface area is 195 Å². The average Bonchev–Trinajstić information content (AvgIpc) is 3.09. The first-order valence-electron chi connectivity index (χ1n) is 9.78. The van der Waals surface area contributed by atoms with E-state index >= 15 is 0 Å². The summed E-state index contributed by atoms with van der Waals surface area (Å²) < 4.78 is 74.5. The highest BCUT2D eigenvalue weighted by Gasteiger charge is 2.36. The van der Waals surface area contributed by atoms with Crippen LogP contribution >= 0.6 is 11.6 Å². The zero-order chi connectivity index (χ0) is 24.6. The molecule has 0 aliphatic carbocycles. The van der Waals surface area contributed by atoms with Crippen molar-refractivity contribution in [3.63, 3.8) is 0 Å². The van der Waals surface area contributed by atoms with E-state index in [1.54, 1.807) is 42.5 Å². The Bertz CT molecular complexity index is 1330. The molecule has 1 heterocycles. The third kappa shape index (κ3) is 4.38. The monoisotopic (exact) mass is 492 g/mol. The number of hydrogen-bond donors (Lipinski definition) is 0. The fourth-order valence-corrected chi connectivity index (χ4v) is 3.45. The first kappa shape index (κ1) is 23.4. The molecule has 1 amide bonds. The summed E-state index contributed by atoms with van der Waals surface area (Å²) in [6.45, 7) is 1.65. The predicted molar refractivity (Wildman–Crippen MR) is 117 cm³/mol. The number of rotatable bonds is 5. The van der Waals surface area contributed by atoms with E-state index in [1.807, 2.05) is 6.07 Å². The molecule has 0 unspecified atom stereocenters. The molecule has 0 saturated carbocycles. The van der Waals surface area contributed by atoms with Gasteiger partial charge in [-0.15, -0.1) is 0 Å². The maximum absolute atomic E-state index is 14.1. The fraction of sp³-hybridized carbons (Fsp3) is 0.0833. The summed E-state index contributed by atoms with van der Waals surface area (Å²) in [5, 5.41) is 4.45. The van der Waals surface area contributed by atoms with Crippen molar-refractivity contribution in [3.05, 3.63) is 99.3 Å². The Morgan fingerprint density at radius 3 is 2.18 bits per heavy atom. The van der Waals surface area contributed by atoms with Gasteiger partial charge in [0, 0.05) is 5.02 Å². The number of halogens is 6. The molecule has 0 atom stereocenters. The highest BCUT2D eigenvalue weighted by atomic mass is 35.5. The summed E-state index contributed by atoms with van der Waals surface area (Å²) in [4.78, 5) is 12.7. The van der Waals surface area contributed by atoms with Crippen LogP contribution in [0, 0.1) is 29.1 Å². The van der Waals surface area contributed by atoms with Crippen LogP contribution < -0.4 is 9.75 Å². The minimum Gasteiger partial charge on any atom is -0.489 e. The van der Waals surface area contributed by atoms with Gasteiger partial charge in [0.1, 0.15) is 18.0 Å². The SMILES string of the molecule is CC1=NN(c2c(F)c(F)c(F)c(F)c2F)C(=O)/C1=C\c1ccc(OCc2cccc(Cl)c2)cc1. The molecule has 174 valence electrons. The Kier molecular flexibility index (Phi) is 6.39. The molecule has 0 aromatic heterocycles. The molecule has 34 heavy (non-hydrogen) atoms. The molecule has 3 aromatic carbocycles. The number of benzene rings is 3. The standard InChI is InChI=1S/C24H14ClF5N2O2/c1-12-17(24(33)32(31-12)23-21(29)19(27)18(26)20(28)22(23)30)10-13-5-7-16(8-6-13)34-11-14-3-2-4-15(25)9-14/h2-10H,11H2,1H3/b17-10-. The van der Waals surface area contributed by atoms with E-state index in [4.69, 9.17) is 16.3 Å². The Morgan fingerprint density at radius 1 is 0.941 bits per heavy atom. The molecule has 0 radical (unpaired) electrons. The summed E-state index contributed by atoms with van der Waals surface area (Å²) >= 11 is 5.94. The van der Waals surface area contributed by atoms with Gasteiger partial charge in [0.25, 0.3) is 5.91 Å². The minimum absolute atomic E-state index is 0.0372. The van der Waals surface area contributed by atoms with Crippen LogP contribution in [0.25, 0.3) is 6.08 Å². The molecule has 1 aliphatic heterocycles. The van der Waals surface area contributed by atoms with Crippen LogP contribution in [0.15, 0.2) is 59.2 Å². The summed E-state index contributed by atoms with van der Waals surface area (Å²) in [6.07, 6.45) is 1.38. The van der Waals surface area contributed by atoms with E-state index in [0.717, 1.165) is 5.56 Å². The number of carbonyl (C=O) groups is 1. The summed E-state index contributed by atoms with van der Waals surface area (Å²) in [5.41, 5.74) is -0.0803. The van der Waals surface area contributed by atoms with Crippen LogP contribution in [0.5, 0.6) is 5.75 Å². The first-order chi connectivity index (χ1) is 16.2.